The molecule has 1 heterocycles. The summed E-state index contributed by atoms with van der Waals surface area (Å²) in [5.74, 6) is -0.204. The second kappa shape index (κ2) is 6.84. The van der Waals surface area contributed by atoms with Crippen molar-refractivity contribution in [2.75, 3.05) is 6.54 Å². The number of aromatic nitrogens is 2. The van der Waals surface area contributed by atoms with Gasteiger partial charge in [-0.15, -0.1) is 0 Å². The van der Waals surface area contributed by atoms with Crippen molar-refractivity contribution in [1.29, 1.82) is 0 Å². The Kier molecular flexibility index (Phi) is 5.74. The van der Waals surface area contributed by atoms with Crippen molar-refractivity contribution in [3.05, 3.63) is 22.2 Å². The molecule has 0 aliphatic carbocycles. The number of hydrogen-bond donors (Lipinski definition) is 3. The molecule has 8 heteroatoms. The molecule has 3 N–H and O–H groups in total. The first-order valence-electron chi connectivity index (χ1n) is 5.20. The fourth-order valence-electron chi connectivity index (χ4n) is 1.31. The van der Waals surface area contributed by atoms with E-state index in [9.17, 15) is 15.0 Å². The molecule has 0 saturated carbocycles. The van der Waals surface area contributed by atoms with E-state index in [1.807, 2.05) is 0 Å². The first-order chi connectivity index (χ1) is 8.41. The summed E-state index contributed by atoms with van der Waals surface area (Å²) in [6.07, 6.45) is -0.883. The van der Waals surface area contributed by atoms with Crippen LogP contribution in [0.3, 0.4) is 0 Å². The highest BCUT2D eigenvalue weighted by atomic mass is 35.5. The summed E-state index contributed by atoms with van der Waals surface area (Å²) < 4.78 is 0. The lowest BCUT2D eigenvalue weighted by Gasteiger charge is -2.18. The summed E-state index contributed by atoms with van der Waals surface area (Å²) in [7, 11) is 0. The Morgan fingerprint density at radius 2 is 2.17 bits per heavy atom. The summed E-state index contributed by atoms with van der Waals surface area (Å²) in [6.45, 7) is 1.62. The van der Waals surface area contributed by atoms with Crippen LogP contribution in [0.2, 0.25) is 10.4 Å². The Labute approximate surface area is 114 Å². The molecule has 0 radical (unpaired) electrons. The van der Waals surface area contributed by atoms with E-state index >= 15 is 0 Å². The normalized spacial score (nSPS) is 14.1. The predicted molar refractivity (Wildman–Crippen MR) is 66.3 cm³/mol. The van der Waals surface area contributed by atoms with E-state index in [4.69, 9.17) is 23.2 Å². The van der Waals surface area contributed by atoms with Gasteiger partial charge >= 0.3 is 0 Å². The molecule has 0 bridgehead atoms. The van der Waals surface area contributed by atoms with Crippen molar-refractivity contribution in [2.24, 2.45) is 0 Å². The lowest BCUT2D eigenvalue weighted by molar-refractivity contribution is -0.119. The predicted octanol–water partition coefficient (Wildman–Crippen LogP) is 0.704. The van der Waals surface area contributed by atoms with Gasteiger partial charge in [0.05, 0.1) is 6.10 Å². The van der Waals surface area contributed by atoms with Crippen LogP contribution >= 0.6 is 23.2 Å². The van der Waals surface area contributed by atoms with Crippen LogP contribution in [0.15, 0.2) is 6.20 Å². The molecule has 2 atom stereocenters. The van der Waals surface area contributed by atoms with Gasteiger partial charge < -0.3 is 15.5 Å². The van der Waals surface area contributed by atoms with Gasteiger partial charge in [-0.3, -0.25) is 4.79 Å². The van der Waals surface area contributed by atoms with E-state index in [0.29, 0.717) is 0 Å². The van der Waals surface area contributed by atoms with Crippen LogP contribution in [-0.4, -0.2) is 38.7 Å². The second-order valence-electron chi connectivity index (χ2n) is 3.67. The fourth-order valence-corrected chi connectivity index (χ4v) is 1.73. The molecular formula is C10H13Cl2N3O3. The average molecular weight is 294 g/mol. The largest absolute Gasteiger partial charge is 0.390 e. The summed E-state index contributed by atoms with van der Waals surface area (Å²) in [4.78, 5) is 18.0. The molecule has 0 aliphatic heterocycles. The highest BCUT2D eigenvalue weighted by Crippen LogP contribution is 2.25. The van der Waals surface area contributed by atoms with E-state index < -0.39 is 12.2 Å². The molecule has 6 nitrogen and oxygen atoms in total. The van der Waals surface area contributed by atoms with Crippen LogP contribution in [0.4, 0.5) is 0 Å². The van der Waals surface area contributed by atoms with Gasteiger partial charge in [-0.05, 0) is 18.0 Å². The monoisotopic (exact) mass is 293 g/mol. The zero-order valence-electron chi connectivity index (χ0n) is 9.60. The fraction of sp³-hybridized carbons (Fsp3) is 0.500. The molecule has 1 amide bonds. The first kappa shape index (κ1) is 15.1. The minimum Gasteiger partial charge on any atom is -0.390 e. The summed E-state index contributed by atoms with van der Waals surface area (Å²) in [5.41, 5.74) is 0.191. The lowest BCUT2D eigenvalue weighted by atomic mass is 10.1. The highest BCUT2D eigenvalue weighted by molar-refractivity contribution is 6.32. The number of amides is 1. The van der Waals surface area contributed by atoms with Crippen molar-refractivity contribution in [3.63, 3.8) is 0 Å². The number of nitrogens with one attached hydrogen (secondary N) is 1. The molecule has 0 aliphatic rings. The molecule has 18 heavy (non-hydrogen) atoms. The van der Waals surface area contributed by atoms with E-state index in [1.54, 1.807) is 0 Å². The molecule has 0 aromatic carbocycles. The number of carbonyl (C=O) groups excluding carboxylic acids is 1. The number of halogens is 2. The minimum absolute atomic E-state index is 0.0129. The summed E-state index contributed by atoms with van der Waals surface area (Å²) >= 11 is 11.3. The molecule has 1 aromatic heterocycles. The molecular weight excluding hydrogens is 281 g/mol. The van der Waals surface area contributed by atoms with Crippen LogP contribution in [0.5, 0.6) is 0 Å². The van der Waals surface area contributed by atoms with Gasteiger partial charge in [0.25, 0.3) is 0 Å². The maximum atomic E-state index is 10.6. The summed E-state index contributed by atoms with van der Waals surface area (Å²) in [6, 6.07) is 0. The van der Waals surface area contributed by atoms with Gasteiger partial charge in [-0.1, -0.05) is 11.6 Å². The zero-order valence-corrected chi connectivity index (χ0v) is 11.1. The Hall–Kier alpha value is -0.950. The zero-order chi connectivity index (χ0) is 13.7. The number of aliphatic hydroxyl groups is 2. The van der Waals surface area contributed by atoms with Crippen molar-refractivity contribution in [1.82, 2.24) is 15.3 Å². The highest BCUT2D eigenvalue weighted by Gasteiger charge is 2.22. The molecule has 0 fully saturated rings. The van der Waals surface area contributed by atoms with E-state index in [-0.39, 0.29) is 34.9 Å². The summed E-state index contributed by atoms with van der Waals surface area (Å²) in [5, 5.41) is 22.0. The molecule has 1 rings (SSSR count). The van der Waals surface area contributed by atoms with Crippen molar-refractivity contribution in [3.8, 4) is 0 Å². The van der Waals surface area contributed by atoms with Gasteiger partial charge in [-0.2, -0.15) is 0 Å². The van der Waals surface area contributed by atoms with Gasteiger partial charge in [0.1, 0.15) is 11.3 Å². The molecule has 100 valence electrons. The topological polar surface area (TPSA) is 95.3 Å². The van der Waals surface area contributed by atoms with E-state index in [1.165, 1.54) is 13.1 Å². The van der Waals surface area contributed by atoms with Crippen molar-refractivity contribution in [2.45, 2.75) is 25.6 Å². The number of nitrogens with zero attached hydrogens (tertiary/aromatic N) is 2. The van der Waals surface area contributed by atoms with Gasteiger partial charge in [-0.25, -0.2) is 9.97 Å². The quantitative estimate of drug-likeness (QED) is 0.549. The molecule has 1 aromatic rings. The number of hydrogen-bond acceptors (Lipinski definition) is 5. The number of aliphatic hydroxyl groups excluding tert-OH is 2. The molecule has 0 spiro atoms. The number of rotatable bonds is 5. The van der Waals surface area contributed by atoms with E-state index in [2.05, 4.69) is 15.3 Å². The maximum absolute atomic E-state index is 10.6. The molecule has 2 unspecified atom stereocenters. The van der Waals surface area contributed by atoms with Crippen LogP contribution < -0.4 is 5.32 Å². The van der Waals surface area contributed by atoms with Gasteiger partial charge in [0.15, 0.2) is 0 Å². The Morgan fingerprint density at radius 3 is 2.72 bits per heavy atom. The van der Waals surface area contributed by atoms with E-state index in [0.717, 1.165) is 0 Å². The average Bonchev–Trinajstić information content (AvgIpc) is 2.27. The van der Waals surface area contributed by atoms with Crippen molar-refractivity contribution >= 4 is 29.1 Å². The Balaban J connectivity index is 2.62. The minimum atomic E-state index is -1.23. The van der Waals surface area contributed by atoms with Crippen LogP contribution in [0.1, 0.15) is 25.0 Å². The van der Waals surface area contributed by atoms with Crippen LogP contribution in [-0.2, 0) is 4.79 Å². The SMILES string of the molecule is CC(=O)NCCC(O)C(O)c1cnc(Cl)nc1Cl. The van der Waals surface area contributed by atoms with Gasteiger partial charge in [0, 0.05) is 25.2 Å². The van der Waals surface area contributed by atoms with Crippen molar-refractivity contribution < 1.29 is 15.0 Å². The third-order valence-corrected chi connectivity index (χ3v) is 2.72. The number of carbonyl (C=O) groups is 1. The molecule has 0 saturated heterocycles. The second-order valence-corrected chi connectivity index (χ2v) is 4.37. The third kappa shape index (κ3) is 4.38. The maximum Gasteiger partial charge on any atom is 0.223 e. The third-order valence-electron chi connectivity index (χ3n) is 2.24. The van der Waals surface area contributed by atoms with Crippen LogP contribution in [0, 0.1) is 0 Å². The standard InChI is InChI=1S/C10H13Cl2N3O3/c1-5(16)13-3-2-7(17)8(18)6-4-14-10(12)15-9(6)11/h4,7-8,17-18H,2-3H2,1H3,(H,13,16). The Morgan fingerprint density at radius 1 is 1.50 bits per heavy atom. The van der Waals surface area contributed by atoms with Crippen LogP contribution in [0.25, 0.3) is 0 Å². The smallest absolute Gasteiger partial charge is 0.223 e. The van der Waals surface area contributed by atoms with Gasteiger partial charge in [0.2, 0.25) is 11.2 Å². The lowest BCUT2D eigenvalue weighted by Crippen LogP contribution is -2.27. The Bertz CT molecular complexity index is 431. The first-order valence-corrected chi connectivity index (χ1v) is 5.96.